The Morgan fingerprint density at radius 3 is 2.69 bits per heavy atom. The number of nitrogens with zero attached hydrogens (tertiary/aromatic N) is 1. The van der Waals surface area contributed by atoms with Gasteiger partial charge in [-0.2, -0.15) is 0 Å². The first kappa shape index (κ1) is 10.0. The third-order valence-corrected chi connectivity index (χ3v) is 1.81. The minimum absolute atomic E-state index is 0.291. The van der Waals surface area contributed by atoms with Gasteiger partial charge in [0, 0.05) is 23.4 Å². The maximum atomic E-state index is 8.93. The van der Waals surface area contributed by atoms with E-state index in [1.807, 2.05) is 6.92 Å². The Labute approximate surface area is 77.3 Å². The summed E-state index contributed by atoms with van der Waals surface area (Å²) in [7, 11) is -0.0472. The monoisotopic (exact) mass is 181 g/mol. The second-order valence-corrected chi connectivity index (χ2v) is 2.64. The summed E-state index contributed by atoms with van der Waals surface area (Å²) in [5.41, 5.74) is 1.15. The van der Waals surface area contributed by atoms with Crippen LogP contribution in [-0.2, 0) is 6.42 Å². The van der Waals surface area contributed by atoms with Crippen LogP contribution in [0.4, 0.5) is 0 Å². The van der Waals surface area contributed by atoms with Crippen LogP contribution in [0.1, 0.15) is 12.6 Å². The maximum Gasteiger partial charge on any atom is 0.493 e. The molecule has 0 bridgehead atoms. The van der Waals surface area contributed by atoms with Gasteiger partial charge in [0.2, 0.25) is 0 Å². The highest BCUT2D eigenvalue weighted by Gasteiger charge is 2.17. The van der Waals surface area contributed by atoms with Gasteiger partial charge in [-0.1, -0.05) is 6.92 Å². The Morgan fingerprint density at radius 2 is 2.23 bits per heavy atom. The van der Waals surface area contributed by atoms with Crippen LogP contribution in [0.2, 0.25) is 0 Å². The molecule has 1 aromatic rings. The average Bonchev–Trinajstić information content (AvgIpc) is 2.16. The number of hydrogen-bond donors (Lipinski definition) is 2. The van der Waals surface area contributed by atoms with Gasteiger partial charge >= 0.3 is 7.12 Å². The summed E-state index contributed by atoms with van der Waals surface area (Å²) >= 11 is 0. The summed E-state index contributed by atoms with van der Waals surface area (Å²) in [4.78, 5) is 4.03. The smallest absolute Gasteiger partial charge is 0.493 e. The number of rotatable bonds is 3. The van der Waals surface area contributed by atoms with Crippen molar-refractivity contribution in [1.29, 1.82) is 0 Å². The predicted octanol–water partition coefficient (Wildman–Crippen LogP) is -0.668. The lowest BCUT2D eigenvalue weighted by Gasteiger charge is -2.07. The lowest BCUT2D eigenvalue weighted by Crippen LogP contribution is -2.31. The number of ether oxygens (including phenoxy) is 1. The maximum absolute atomic E-state index is 8.93. The van der Waals surface area contributed by atoms with Crippen LogP contribution in [0.15, 0.2) is 12.3 Å². The molecule has 0 aromatic carbocycles. The van der Waals surface area contributed by atoms with Crippen molar-refractivity contribution in [2.24, 2.45) is 0 Å². The third kappa shape index (κ3) is 2.20. The van der Waals surface area contributed by atoms with E-state index in [9.17, 15) is 0 Å². The number of pyridine rings is 1. The summed E-state index contributed by atoms with van der Waals surface area (Å²) < 4.78 is 4.99. The van der Waals surface area contributed by atoms with E-state index in [0.717, 1.165) is 12.1 Å². The summed E-state index contributed by atoms with van der Waals surface area (Å²) in [6.07, 6.45) is 2.21. The van der Waals surface area contributed by atoms with Crippen molar-refractivity contribution in [1.82, 2.24) is 4.98 Å². The van der Waals surface area contributed by atoms with Crippen molar-refractivity contribution < 1.29 is 14.8 Å². The molecule has 0 atom stereocenters. The minimum atomic E-state index is -1.53. The fourth-order valence-electron chi connectivity index (χ4n) is 1.05. The molecule has 1 heterocycles. The van der Waals surface area contributed by atoms with Gasteiger partial charge in [-0.05, 0) is 6.42 Å². The predicted molar refractivity (Wildman–Crippen MR) is 50.0 cm³/mol. The molecule has 0 aliphatic carbocycles. The Hall–Kier alpha value is -1.07. The Balaban J connectivity index is 3.08. The van der Waals surface area contributed by atoms with E-state index in [4.69, 9.17) is 14.8 Å². The van der Waals surface area contributed by atoms with Crippen molar-refractivity contribution in [3.63, 3.8) is 0 Å². The molecule has 0 aliphatic rings. The first-order chi connectivity index (χ1) is 6.19. The van der Waals surface area contributed by atoms with Crippen LogP contribution < -0.4 is 10.2 Å². The zero-order chi connectivity index (χ0) is 9.84. The summed E-state index contributed by atoms with van der Waals surface area (Å²) in [5, 5.41) is 17.9. The van der Waals surface area contributed by atoms with E-state index in [2.05, 4.69) is 4.98 Å². The first-order valence-corrected chi connectivity index (χ1v) is 4.08. The molecule has 0 spiro atoms. The highest BCUT2D eigenvalue weighted by Crippen LogP contribution is 2.08. The van der Waals surface area contributed by atoms with Crippen LogP contribution in [0.5, 0.6) is 5.75 Å². The van der Waals surface area contributed by atoms with E-state index in [-0.39, 0.29) is 0 Å². The van der Waals surface area contributed by atoms with Crippen molar-refractivity contribution >= 4 is 12.6 Å². The molecule has 0 radical (unpaired) electrons. The van der Waals surface area contributed by atoms with Gasteiger partial charge < -0.3 is 14.8 Å². The summed E-state index contributed by atoms with van der Waals surface area (Å²) in [5.74, 6) is 0.460. The fourth-order valence-corrected chi connectivity index (χ4v) is 1.05. The molecule has 2 N–H and O–H groups in total. The van der Waals surface area contributed by atoms with Gasteiger partial charge in [-0.3, -0.25) is 4.98 Å². The quantitative estimate of drug-likeness (QED) is 0.607. The van der Waals surface area contributed by atoms with E-state index in [1.165, 1.54) is 13.3 Å². The molecule has 0 amide bonds. The van der Waals surface area contributed by atoms with E-state index in [1.54, 1.807) is 6.07 Å². The Morgan fingerprint density at radius 1 is 1.54 bits per heavy atom. The van der Waals surface area contributed by atoms with Gasteiger partial charge in [-0.15, -0.1) is 0 Å². The topological polar surface area (TPSA) is 62.6 Å². The van der Waals surface area contributed by atoms with Crippen molar-refractivity contribution in [3.8, 4) is 5.75 Å². The molecule has 0 saturated carbocycles. The molecule has 4 nitrogen and oxygen atoms in total. The number of aryl methyl sites for hydroxylation is 1. The van der Waals surface area contributed by atoms with Crippen LogP contribution in [0.25, 0.3) is 0 Å². The zero-order valence-corrected chi connectivity index (χ0v) is 7.69. The molecule has 0 aliphatic heterocycles. The van der Waals surface area contributed by atoms with Gasteiger partial charge in [0.25, 0.3) is 0 Å². The normalized spacial score (nSPS) is 9.85. The molecule has 13 heavy (non-hydrogen) atoms. The lowest BCUT2D eigenvalue weighted by atomic mass is 9.80. The Bertz CT molecular complexity index is 291. The Kier molecular flexibility index (Phi) is 3.28. The van der Waals surface area contributed by atoms with Gasteiger partial charge in [0.05, 0.1) is 7.11 Å². The number of methoxy groups -OCH3 is 1. The SMILES string of the molecule is CCc1cc(OC)c(B(O)O)cn1. The third-order valence-electron chi connectivity index (χ3n) is 1.81. The fraction of sp³-hybridized carbons (Fsp3) is 0.375. The standard InChI is InChI=1S/C8H12BNO3/c1-3-6-4-8(13-2)7(5-10-6)9(11)12/h4-5,11-12H,3H2,1-2H3. The molecule has 70 valence electrons. The lowest BCUT2D eigenvalue weighted by molar-refractivity contribution is 0.402. The van der Waals surface area contributed by atoms with Crippen molar-refractivity contribution in [2.45, 2.75) is 13.3 Å². The second-order valence-electron chi connectivity index (χ2n) is 2.64. The van der Waals surface area contributed by atoms with Crippen LogP contribution in [-0.4, -0.2) is 29.3 Å². The van der Waals surface area contributed by atoms with E-state index in [0.29, 0.717) is 11.2 Å². The van der Waals surface area contributed by atoms with Gasteiger partial charge in [-0.25, -0.2) is 0 Å². The number of aromatic nitrogens is 1. The average molecular weight is 181 g/mol. The van der Waals surface area contributed by atoms with Gasteiger partial charge in [0.15, 0.2) is 0 Å². The van der Waals surface area contributed by atoms with Crippen molar-refractivity contribution in [2.75, 3.05) is 7.11 Å². The molecule has 5 heteroatoms. The molecular formula is C8H12BNO3. The summed E-state index contributed by atoms with van der Waals surface area (Å²) in [6, 6.07) is 1.70. The molecule has 1 rings (SSSR count). The second kappa shape index (κ2) is 4.25. The van der Waals surface area contributed by atoms with Gasteiger partial charge in [0.1, 0.15) is 5.75 Å². The number of hydrogen-bond acceptors (Lipinski definition) is 4. The van der Waals surface area contributed by atoms with Crippen LogP contribution in [0, 0.1) is 0 Å². The molecule has 0 fully saturated rings. The van der Waals surface area contributed by atoms with E-state index >= 15 is 0 Å². The highest BCUT2D eigenvalue weighted by molar-refractivity contribution is 6.59. The molecular weight excluding hydrogens is 169 g/mol. The molecule has 0 saturated heterocycles. The van der Waals surface area contributed by atoms with E-state index < -0.39 is 7.12 Å². The van der Waals surface area contributed by atoms with Crippen molar-refractivity contribution in [3.05, 3.63) is 18.0 Å². The summed E-state index contributed by atoms with van der Waals surface area (Å²) in [6.45, 7) is 1.97. The highest BCUT2D eigenvalue weighted by atomic mass is 16.5. The zero-order valence-electron chi connectivity index (χ0n) is 7.69. The van der Waals surface area contributed by atoms with Crippen LogP contribution >= 0.6 is 0 Å². The van der Waals surface area contributed by atoms with Crippen LogP contribution in [0.3, 0.4) is 0 Å². The largest absolute Gasteiger partial charge is 0.497 e. The first-order valence-electron chi connectivity index (χ1n) is 4.08. The minimum Gasteiger partial charge on any atom is -0.497 e. The molecule has 1 aromatic heterocycles. The molecule has 0 unspecified atom stereocenters.